The van der Waals surface area contributed by atoms with Gasteiger partial charge in [0.25, 0.3) is 10.0 Å². The number of nitrogens with one attached hydrogen (secondary N) is 2. The highest BCUT2D eigenvalue weighted by molar-refractivity contribution is 7.90. The molecule has 4 rings (SSSR count). The molecule has 1 aromatic carbocycles. The van der Waals surface area contributed by atoms with Crippen LogP contribution < -0.4 is 4.72 Å². The van der Waals surface area contributed by atoms with Crippen LogP contribution in [0.3, 0.4) is 0 Å². The molecule has 0 bridgehead atoms. The summed E-state index contributed by atoms with van der Waals surface area (Å²) in [4.78, 5) is 9.90. The molecule has 1 aliphatic heterocycles. The molecule has 3 heterocycles. The monoisotopic (exact) mass is 345 g/mol. The molecule has 0 saturated heterocycles. The second kappa shape index (κ2) is 5.28. The maximum atomic E-state index is 12.0. The first kappa shape index (κ1) is 14.1. The number of benzene rings is 1. The highest BCUT2D eigenvalue weighted by Crippen LogP contribution is 2.23. The van der Waals surface area contributed by atoms with Gasteiger partial charge in [-0.1, -0.05) is 18.2 Å². The van der Waals surface area contributed by atoms with Crippen LogP contribution in [-0.4, -0.2) is 29.4 Å². The van der Waals surface area contributed by atoms with E-state index in [4.69, 9.17) is 0 Å². The summed E-state index contributed by atoms with van der Waals surface area (Å²) < 4.78 is 26.5. The molecule has 0 aliphatic carbocycles. The molecule has 7 nitrogen and oxygen atoms in total. The number of amidine groups is 1. The fraction of sp³-hybridized carbons (Fsp3) is 0.0714. The average molecular weight is 345 g/mol. The second-order valence-corrected chi connectivity index (χ2v) is 7.45. The Morgan fingerprint density at radius 2 is 2.04 bits per heavy atom. The van der Waals surface area contributed by atoms with Crippen LogP contribution in [-0.2, 0) is 16.6 Å². The minimum Gasteiger partial charge on any atom is -0.263 e. The summed E-state index contributed by atoms with van der Waals surface area (Å²) in [6.45, 7) is 0.213. The molecular weight excluding hydrogens is 334 g/mol. The van der Waals surface area contributed by atoms with E-state index in [1.54, 1.807) is 35.6 Å². The van der Waals surface area contributed by atoms with Crippen molar-refractivity contribution in [1.29, 1.82) is 0 Å². The molecule has 1 aliphatic rings. The lowest BCUT2D eigenvalue weighted by Crippen LogP contribution is -2.22. The Morgan fingerprint density at radius 3 is 2.87 bits per heavy atom. The number of aromatic amines is 1. The molecule has 0 radical (unpaired) electrons. The van der Waals surface area contributed by atoms with Crippen LogP contribution in [0.1, 0.15) is 11.4 Å². The summed E-state index contributed by atoms with van der Waals surface area (Å²) in [7, 11) is -3.51. The molecule has 23 heavy (non-hydrogen) atoms. The van der Waals surface area contributed by atoms with Crippen molar-refractivity contribution < 1.29 is 8.42 Å². The molecule has 0 fully saturated rings. The molecule has 3 aromatic rings. The van der Waals surface area contributed by atoms with Crippen LogP contribution in [0.4, 0.5) is 0 Å². The van der Waals surface area contributed by atoms with Gasteiger partial charge in [-0.2, -0.15) is 5.10 Å². The van der Waals surface area contributed by atoms with E-state index in [0.717, 1.165) is 4.88 Å². The first-order valence-electron chi connectivity index (χ1n) is 6.75. The van der Waals surface area contributed by atoms with Gasteiger partial charge in [0, 0.05) is 5.56 Å². The predicted molar refractivity (Wildman–Crippen MR) is 86.7 cm³/mol. The van der Waals surface area contributed by atoms with Gasteiger partial charge < -0.3 is 0 Å². The standard InChI is InChI=1S/C14H11N5O2S2/c20-23(21)11-6-2-1-4-9(11)13(19-23)15-8-12-16-14(18-17-12)10-5-3-7-22-10/h1-7H,8H2,(H,15,19)(H,16,17,18). The van der Waals surface area contributed by atoms with Crippen LogP contribution >= 0.6 is 11.3 Å². The van der Waals surface area contributed by atoms with Gasteiger partial charge in [0.1, 0.15) is 18.2 Å². The Bertz CT molecular complexity index is 990. The lowest BCUT2D eigenvalue weighted by Gasteiger charge is -1.97. The summed E-state index contributed by atoms with van der Waals surface area (Å²) in [5.74, 6) is 1.52. The van der Waals surface area contributed by atoms with E-state index in [0.29, 0.717) is 23.0 Å². The summed E-state index contributed by atoms with van der Waals surface area (Å²) >= 11 is 1.55. The average Bonchev–Trinajstić information content (AvgIpc) is 3.25. The van der Waals surface area contributed by atoms with E-state index in [1.165, 1.54) is 0 Å². The number of hydrogen-bond donors (Lipinski definition) is 2. The van der Waals surface area contributed by atoms with E-state index < -0.39 is 10.0 Å². The van der Waals surface area contributed by atoms with Crippen molar-refractivity contribution >= 4 is 27.2 Å². The third kappa shape index (κ3) is 2.53. The van der Waals surface area contributed by atoms with E-state index >= 15 is 0 Å². The molecular formula is C14H11N5O2S2. The third-order valence-electron chi connectivity index (χ3n) is 3.32. The molecule has 0 amide bonds. The van der Waals surface area contributed by atoms with Crippen LogP contribution in [0, 0.1) is 0 Å². The Balaban J connectivity index is 1.61. The SMILES string of the molecule is O=S1(=O)NC(=NCc2nc(-c3cccs3)n[nH]2)c2ccccc21. The first-order chi connectivity index (χ1) is 11.1. The number of nitrogens with zero attached hydrogens (tertiary/aromatic N) is 3. The second-order valence-electron chi connectivity index (χ2n) is 4.85. The summed E-state index contributed by atoms with van der Waals surface area (Å²) in [5, 5.41) is 8.92. The maximum Gasteiger partial charge on any atom is 0.263 e. The first-order valence-corrected chi connectivity index (χ1v) is 9.11. The van der Waals surface area contributed by atoms with E-state index in [-0.39, 0.29) is 11.4 Å². The van der Waals surface area contributed by atoms with Gasteiger partial charge in [0.2, 0.25) is 0 Å². The Hall–Kier alpha value is -2.52. The van der Waals surface area contributed by atoms with Crippen LogP contribution in [0.25, 0.3) is 10.7 Å². The van der Waals surface area contributed by atoms with E-state index in [2.05, 4.69) is 24.9 Å². The largest absolute Gasteiger partial charge is 0.263 e. The minimum atomic E-state index is -3.51. The Morgan fingerprint density at radius 1 is 1.17 bits per heavy atom. The van der Waals surface area contributed by atoms with Crippen molar-refractivity contribution in [2.24, 2.45) is 4.99 Å². The van der Waals surface area contributed by atoms with Crippen LogP contribution in [0.15, 0.2) is 51.7 Å². The number of hydrogen-bond acceptors (Lipinski definition) is 6. The molecule has 0 unspecified atom stereocenters. The summed E-state index contributed by atoms with van der Waals surface area (Å²) in [5.41, 5.74) is 0.575. The van der Waals surface area contributed by atoms with Crippen molar-refractivity contribution in [3.8, 4) is 10.7 Å². The van der Waals surface area contributed by atoms with Gasteiger partial charge in [-0.15, -0.1) is 11.3 Å². The molecule has 9 heteroatoms. The van der Waals surface area contributed by atoms with Crippen molar-refractivity contribution in [3.63, 3.8) is 0 Å². The lowest BCUT2D eigenvalue weighted by molar-refractivity contribution is 0.595. The van der Waals surface area contributed by atoms with Crippen molar-refractivity contribution in [2.75, 3.05) is 0 Å². The quantitative estimate of drug-likeness (QED) is 0.755. The zero-order valence-electron chi connectivity index (χ0n) is 11.7. The Kier molecular flexibility index (Phi) is 3.24. The molecule has 0 atom stereocenters. The van der Waals surface area contributed by atoms with Gasteiger partial charge in [0.05, 0.1) is 9.77 Å². The van der Waals surface area contributed by atoms with Gasteiger partial charge in [0.15, 0.2) is 5.82 Å². The molecule has 2 N–H and O–H groups in total. The summed E-state index contributed by atoms with van der Waals surface area (Å²) in [6, 6.07) is 10.6. The van der Waals surface area contributed by atoms with Gasteiger partial charge >= 0.3 is 0 Å². The third-order valence-corrected chi connectivity index (χ3v) is 5.59. The van der Waals surface area contributed by atoms with Gasteiger partial charge in [-0.05, 0) is 23.6 Å². The summed E-state index contributed by atoms with van der Waals surface area (Å²) in [6.07, 6.45) is 0. The van der Waals surface area contributed by atoms with E-state index in [9.17, 15) is 8.42 Å². The Labute approximate surface area is 136 Å². The fourth-order valence-electron chi connectivity index (χ4n) is 2.29. The van der Waals surface area contributed by atoms with Crippen LogP contribution in [0.5, 0.6) is 0 Å². The zero-order chi connectivity index (χ0) is 15.9. The molecule has 2 aromatic heterocycles. The predicted octanol–water partition coefficient (Wildman–Crippen LogP) is 1.77. The number of thiophene rings is 1. The molecule has 116 valence electrons. The lowest BCUT2D eigenvalue weighted by atomic mass is 10.2. The number of aromatic nitrogens is 3. The topological polar surface area (TPSA) is 100 Å². The minimum absolute atomic E-state index is 0.213. The van der Waals surface area contributed by atoms with Crippen LogP contribution in [0.2, 0.25) is 0 Å². The highest BCUT2D eigenvalue weighted by atomic mass is 32.2. The number of rotatable bonds is 3. The van der Waals surface area contributed by atoms with Gasteiger partial charge in [-0.25, -0.2) is 13.4 Å². The van der Waals surface area contributed by atoms with E-state index in [1.807, 2.05) is 17.5 Å². The highest BCUT2D eigenvalue weighted by Gasteiger charge is 2.30. The van der Waals surface area contributed by atoms with Gasteiger partial charge in [-0.3, -0.25) is 14.8 Å². The normalized spacial score (nSPS) is 17.1. The molecule has 0 spiro atoms. The van der Waals surface area contributed by atoms with Crippen molar-refractivity contribution in [3.05, 3.63) is 53.2 Å². The smallest absolute Gasteiger partial charge is 0.263 e. The maximum absolute atomic E-state index is 12.0. The molecule has 0 saturated carbocycles. The van der Waals surface area contributed by atoms with Crippen molar-refractivity contribution in [2.45, 2.75) is 11.4 Å². The number of fused-ring (bicyclic) bond motifs is 1. The van der Waals surface area contributed by atoms with Crippen molar-refractivity contribution in [1.82, 2.24) is 19.9 Å². The number of aliphatic imine (C=N–C) groups is 1. The number of H-pyrrole nitrogens is 1. The fourth-order valence-corrected chi connectivity index (χ4v) is 4.20. The number of sulfonamides is 1. The zero-order valence-corrected chi connectivity index (χ0v) is 13.4.